The molecular formula is C18H28IN5O2. The number of anilines is 1. The number of hydrogen-bond donors (Lipinski definition) is 2. The largest absolute Gasteiger partial charge is 0.493 e. The molecule has 0 bridgehead atoms. The number of halogens is 1. The normalized spacial score (nSPS) is 11.0. The number of aliphatic imine (C=N–C) groups is 1. The summed E-state index contributed by atoms with van der Waals surface area (Å²) in [5.74, 6) is 1.55. The Labute approximate surface area is 172 Å². The van der Waals surface area contributed by atoms with E-state index < -0.39 is 0 Å². The van der Waals surface area contributed by atoms with Crippen molar-refractivity contribution < 1.29 is 9.47 Å². The molecule has 8 heteroatoms. The average molecular weight is 473 g/mol. The highest BCUT2D eigenvalue weighted by molar-refractivity contribution is 14.0. The van der Waals surface area contributed by atoms with Crippen molar-refractivity contribution in [3.8, 4) is 5.75 Å². The fourth-order valence-corrected chi connectivity index (χ4v) is 2.22. The molecule has 2 aromatic rings. The monoisotopic (exact) mass is 473 g/mol. The summed E-state index contributed by atoms with van der Waals surface area (Å²) < 4.78 is 12.5. The highest BCUT2D eigenvalue weighted by atomic mass is 127. The molecule has 0 saturated carbocycles. The number of hydrogen-bond acceptors (Lipinski definition) is 4. The summed E-state index contributed by atoms with van der Waals surface area (Å²) >= 11 is 0. The van der Waals surface area contributed by atoms with Gasteiger partial charge in [-0.25, -0.2) is 4.99 Å². The number of methoxy groups -OCH3 is 1. The predicted molar refractivity (Wildman–Crippen MR) is 115 cm³/mol. The maximum absolute atomic E-state index is 5.73. The van der Waals surface area contributed by atoms with Crippen molar-refractivity contribution in [2.75, 3.05) is 32.2 Å². The molecule has 1 aromatic heterocycles. The Bertz CT molecular complexity index is 675. The van der Waals surface area contributed by atoms with Gasteiger partial charge < -0.3 is 20.1 Å². The van der Waals surface area contributed by atoms with E-state index in [-0.39, 0.29) is 24.0 Å². The lowest BCUT2D eigenvalue weighted by Gasteiger charge is -2.12. The van der Waals surface area contributed by atoms with Gasteiger partial charge in [0.25, 0.3) is 0 Å². The van der Waals surface area contributed by atoms with Gasteiger partial charge in [-0.2, -0.15) is 5.10 Å². The lowest BCUT2D eigenvalue weighted by atomic mass is 10.3. The van der Waals surface area contributed by atoms with Crippen molar-refractivity contribution >= 4 is 35.6 Å². The van der Waals surface area contributed by atoms with Crippen LogP contribution in [0.3, 0.4) is 0 Å². The van der Waals surface area contributed by atoms with Crippen LogP contribution >= 0.6 is 24.0 Å². The zero-order chi connectivity index (χ0) is 17.9. The van der Waals surface area contributed by atoms with Gasteiger partial charge in [-0.05, 0) is 19.1 Å². The predicted octanol–water partition coefficient (Wildman–Crippen LogP) is 3.03. The second-order valence-corrected chi connectivity index (χ2v) is 5.57. The zero-order valence-electron chi connectivity index (χ0n) is 15.6. The Morgan fingerprint density at radius 1 is 1.31 bits per heavy atom. The second kappa shape index (κ2) is 12.5. The summed E-state index contributed by atoms with van der Waals surface area (Å²) in [6.45, 7) is 4.72. The summed E-state index contributed by atoms with van der Waals surface area (Å²) in [5.41, 5.74) is 1.99. The molecule has 1 aromatic carbocycles. The minimum Gasteiger partial charge on any atom is -0.493 e. The first-order chi connectivity index (χ1) is 12.2. The topological polar surface area (TPSA) is 72.7 Å². The molecule has 2 N–H and O–H groups in total. The quantitative estimate of drug-likeness (QED) is 0.254. The van der Waals surface area contributed by atoms with Crippen LogP contribution in [-0.2, 0) is 18.3 Å². The molecule has 0 aliphatic heterocycles. The van der Waals surface area contributed by atoms with E-state index in [9.17, 15) is 0 Å². The molecule has 7 nitrogen and oxygen atoms in total. The Balaban J connectivity index is 0.00000338. The van der Waals surface area contributed by atoms with Crippen LogP contribution in [0.25, 0.3) is 0 Å². The van der Waals surface area contributed by atoms with Crippen LogP contribution in [0.1, 0.15) is 18.9 Å². The van der Waals surface area contributed by atoms with Crippen LogP contribution in [0.2, 0.25) is 0 Å². The summed E-state index contributed by atoms with van der Waals surface area (Å²) in [6, 6.07) is 7.85. The number of aryl methyl sites for hydroxylation is 1. The molecule has 144 valence electrons. The van der Waals surface area contributed by atoms with E-state index in [1.165, 1.54) is 0 Å². The van der Waals surface area contributed by atoms with Crippen LogP contribution in [0.4, 0.5) is 5.69 Å². The number of ether oxygens (including phenoxy) is 2. The number of aromatic nitrogens is 2. The Morgan fingerprint density at radius 3 is 2.85 bits per heavy atom. The number of nitrogens with one attached hydrogen (secondary N) is 2. The van der Waals surface area contributed by atoms with E-state index in [2.05, 4.69) is 20.7 Å². The van der Waals surface area contributed by atoms with Crippen LogP contribution in [0, 0.1) is 0 Å². The second-order valence-electron chi connectivity index (χ2n) is 5.57. The van der Waals surface area contributed by atoms with Crippen molar-refractivity contribution in [2.24, 2.45) is 12.0 Å². The molecule has 0 unspecified atom stereocenters. The van der Waals surface area contributed by atoms with Gasteiger partial charge in [-0.15, -0.1) is 24.0 Å². The molecule has 2 rings (SSSR count). The minimum absolute atomic E-state index is 0. The summed E-state index contributed by atoms with van der Waals surface area (Å²) in [5, 5.41) is 10.7. The van der Waals surface area contributed by atoms with Crippen LogP contribution < -0.4 is 15.4 Å². The van der Waals surface area contributed by atoms with Crippen LogP contribution in [0.5, 0.6) is 5.75 Å². The van der Waals surface area contributed by atoms with Gasteiger partial charge in [0.2, 0.25) is 0 Å². The highest BCUT2D eigenvalue weighted by Gasteiger charge is 2.02. The number of benzene rings is 1. The van der Waals surface area contributed by atoms with Crippen molar-refractivity contribution in [3.05, 3.63) is 42.2 Å². The van der Waals surface area contributed by atoms with Crippen LogP contribution in [-0.4, -0.2) is 42.6 Å². The molecule has 26 heavy (non-hydrogen) atoms. The first-order valence-corrected chi connectivity index (χ1v) is 8.46. The number of rotatable bonds is 9. The Hall–Kier alpha value is -1.81. The van der Waals surface area contributed by atoms with E-state index in [4.69, 9.17) is 9.47 Å². The summed E-state index contributed by atoms with van der Waals surface area (Å²) in [6.07, 6.45) is 4.65. The third-order valence-corrected chi connectivity index (χ3v) is 3.38. The van der Waals surface area contributed by atoms with E-state index in [0.29, 0.717) is 19.8 Å². The molecule has 0 atom stereocenters. The van der Waals surface area contributed by atoms with Gasteiger partial charge in [0, 0.05) is 57.2 Å². The van der Waals surface area contributed by atoms with Crippen molar-refractivity contribution in [2.45, 2.75) is 19.9 Å². The number of nitrogens with zero attached hydrogens (tertiary/aromatic N) is 3. The third-order valence-electron chi connectivity index (χ3n) is 3.38. The summed E-state index contributed by atoms with van der Waals surface area (Å²) in [4.78, 5) is 4.59. The molecule has 0 fully saturated rings. The molecule has 0 aliphatic carbocycles. The fraction of sp³-hybridized carbons (Fsp3) is 0.444. The van der Waals surface area contributed by atoms with Crippen molar-refractivity contribution in [1.29, 1.82) is 0 Å². The van der Waals surface area contributed by atoms with Gasteiger partial charge >= 0.3 is 0 Å². The zero-order valence-corrected chi connectivity index (χ0v) is 17.9. The summed E-state index contributed by atoms with van der Waals surface area (Å²) in [7, 11) is 3.59. The van der Waals surface area contributed by atoms with Gasteiger partial charge in [-0.3, -0.25) is 4.68 Å². The van der Waals surface area contributed by atoms with E-state index in [1.54, 1.807) is 11.8 Å². The smallest absolute Gasteiger partial charge is 0.196 e. The molecule has 0 saturated heterocycles. The lowest BCUT2D eigenvalue weighted by molar-refractivity contribution is 0.172. The lowest BCUT2D eigenvalue weighted by Crippen LogP contribution is -2.30. The first-order valence-electron chi connectivity index (χ1n) is 8.46. The highest BCUT2D eigenvalue weighted by Crippen LogP contribution is 2.17. The Morgan fingerprint density at radius 2 is 2.15 bits per heavy atom. The van der Waals surface area contributed by atoms with E-state index in [0.717, 1.165) is 35.9 Å². The molecule has 0 spiro atoms. The van der Waals surface area contributed by atoms with Gasteiger partial charge in [0.05, 0.1) is 19.3 Å². The maximum atomic E-state index is 5.73. The van der Waals surface area contributed by atoms with E-state index in [1.807, 2.05) is 50.6 Å². The molecule has 0 aliphatic rings. The standard InChI is InChI=1S/C18H27N5O2.HI/c1-4-19-18(20-12-15-13-21-23(2)14-15)22-16-7-5-8-17(11-16)25-10-6-9-24-3;/h5,7-8,11,13-14H,4,6,9-10,12H2,1-3H3,(H2,19,20,22);1H. The average Bonchev–Trinajstić information content (AvgIpc) is 3.03. The maximum Gasteiger partial charge on any atom is 0.196 e. The number of guanidine groups is 1. The van der Waals surface area contributed by atoms with Crippen LogP contribution in [0.15, 0.2) is 41.7 Å². The third kappa shape index (κ3) is 8.05. The minimum atomic E-state index is 0. The van der Waals surface area contributed by atoms with Gasteiger partial charge in [0.1, 0.15) is 5.75 Å². The van der Waals surface area contributed by atoms with Gasteiger partial charge in [-0.1, -0.05) is 6.07 Å². The first kappa shape index (κ1) is 22.2. The van der Waals surface area contributed by atoms with Crippen molar-refractivity contribution in [1.82, 2.24) is 15.1 Å². The van der Waals surface area contributed by atoms with Gasteiger partial charge in [0.15, 0.2) is 5.96 Å². The molecule has 1 heterocycles. The van der Waals surface area contributed by atoms with Crippen molar-refractivity contribution in [3.63, 3.8) is 0 Å². The fourth-order valence-electron chi connectivity index (χ4n) is 2.22. The SMILES string of the molecule is CCNC(=NCc1cnn(C)c1)Nc1cccc(OCCCOC)c1.I. The molecule has 0 amide bonds. The Kier molecular flexibility index (Phi) is 10.7. The van der Waals surface area contributed by atoms with E-state index >= 15 is 0 Å². The molecular weight excluding hydrogens is 445 g/mol. The molecule has 0 radical (unpaired) electrons.